The van der Waals surface area contributed by atoms with Gasteiger partial charge in [-0.1, -0.05) is 35.9 Å². The maximum Gasteiger partial charge on any atom is 0.256 e. The van der Waals surface area contributed by atoms with Gasteiger partial charge in [0.15, 0.2) is 0 Å². The van der Waals surface area contributed by atoms with Crippen LogP contribution in [0.3, 0.4) is 0 Å². The van der Waals surface area contributed by atoms with Crippen LogP contribution in [0.2, 0.25) is 0 Å². The summed E-state index contributed by atoms with van der Waals surface area (Å²) >= 11 is 0. The Morgan fingerprint density at radius 2 is 1.85 bits per heavy atom. The third-order valence-corrected chi connectivity index (χ3v) is 4.78. The van der Waals surface area contributed by atoms with Crippen LogP contribution in [-0.2, 0) is 6.54 Å². The Morgan fingerprint density at radius 1 is 1.11 bits per heavy atom. The van der Waals surface area contributed by atoms with E-state index in [0.717, 1.165) is 22.6 Å². The third kappa shape index (κ3) is 3.87. The second-order valence-electron chi connectivity index (χ2n) is 6.78. The monoisotopic (exact) mass is 363 g/mol. The fourth-order valence-electron chi connectivity index (χ4n) is 3.28. The van der Waals surface area contributed by atoms with Gasteiger partial charge in [0.2, 0.25) is 0 Å². The summed E-state index contributed by atoms with van der Waals surface area (Å²) in [4.78, 5) is 12.8. The number of anilines is 1. The second-order valence-corrected chi connectivity index (χ2v) is 6.78. The fraction of sp³-hybridized carbons (Fsp3) is 0.273. The van der Waals surface area contributed by atoms with Crippen molar-refractivity contribution in [3.63, 3.8) is 0 Å². The number of carbonyl (C=O) groups is 1. The van der Waals surface area contributed by atoms with Crippen LogP contribution in [0, 0.1) is 27.7 Å². The molecule has 0 aliphatic carbocycles. The highest BCUT2D eigenvalue weighted by Crippen LogP contribution is 2.25. The number of nitrogens with one attached hydrogen (secondary N) is 1. The normalized spacial score (nSPS) is 10.7. The molecule has 0 unspecified atom stereocenters. The van der Waals surface area contributed by atoms with Gasteiger partial charge in [-0.25, -0.2) is 0 Å². The first-order valence-corrected chi connectivity index (χ1v) is 8.95. The molecule has 1 heterocycles. The summed E-state index contributed by atoms with van der Waals surface area (Å²) in [5.74, 6) is 0.541. The van der Waals surface area contributed by atoms with E-state index in [1.54, 1.807) is 13.2 Å². The molecule has 0 atom stereocenters. The number of carbonyl (C=O) groups excluding carboxylic acids is 1. The quantitative estimate of drug-likeness (QED) is 0.730. The van der Waals surface area contributed by atoms with Gasteiger partial charge in [0.1, 0.15) is 5.75 Å². The lowest BCUT2D eigenvalue weighted by Gasteiger charge is -2.11. The van der Waals surface area contributed by atoms with Gasteiger partial charge in [0.05, 0.1) is 30.7 Å². The number of hydrogen-bond donors (Lipinski definition) is 1. The topological polar surface area (TPSA) is 56.1 Å². The maximum absolute atomic E-state index is 12.8. The molecule has 1 amide bonds. The Morgan fingerprint density at radius 3 is 2.56 bits per heavy atom. The highest BCUT2D eigenvalue weighted by atomic mass is 16.5. The summed E-state index contributed by atoms with van der Waals surface area (Å²) in [5, 5.41) is 7.64. The number of benzene rings is 2. The predicted molar refractivity (Wildman–Crippen MR) is 108 cm³/mol. The Hall–Kier alpha value is -3.08. The molecule has 0 saturated heterocycles. The number of hydrogen-bond acceptors (Lipinski definition) is 3. The molecule has 0 radical (unpaired) electrons. The van der Waals surface area contributed by atoms with Gasteiger partial charge in [-0.2, -0.15) is 5.10 Å². The van der Waals surface area contributed by atoms with E-state index in [9.17, 15) is 4.79 Å². The standard InChI is InChI=1S/C22H25N3O2/c1-14-8-6-9-18(12-14)13-25-17(4)21(16(3)24-25)23-22(26)19-10-7-11-20(27-5)15(19)2/h6-12H,13H2,1-5H3,(H,23,26). The Labute approximate surface area is 160 Å². The molecule has 0 spiro atoms. The molecule has 0 fully saturated rings. The first-order chi connectivity index (χ1) is 12.9. The van der Waals surface area contributed by atoms with Gasteiger partial charge < -0.3 is 10.1 Å². The lowest BCUT2D eigenvalue weighted by Crippen LogP contribution is -2.15. The minimum absolute atomic E-state index is 0.160. The summed E-state index contributed by atoms with van der Waals surface area (Å²) in [6.45, 7) is 8.52. The number of rotatable bonds is 5. The summed E-state index contributed by atoms with van der Waals surface area (Å²) in [6, 6.07) is 13.8. The van der Waals surface area contributed by atoms with Gasteiger partial charge in [-0.3, -0.25) is 9.48 Å². The van der Waals surface area contributed by atoms with Crippen LogP contribution < -0.4 is 10.1 Å². The number of methoxy groups -OCH3 is 1. The molecule has 1 N–H and O–H groups in total. The van der Waals surface area contributed by atoms with E-state index in [1.165, 1.54) is 11.1 Å². The molecule has 3 aromatic rings. The smallest absolute Gasteiger partial charge is 0.256 e. The Kier molecular flexibility index (Phi) is 5.31. The minimum atomic E-state index is -0.160. The summed E-state index contributed by atoms with van der Waals surface area (Å²) in [7, 11) is 1.60. The van der Waals surface area contributed by atoms with Crippen molar-refractivity contribution in [2.75, 3.05) is 12.4 Å². The predicted octanol–water partition coefficient (Wildman–Crippen LogP) is 4.43. The van der Waals surface area contributed by atoms with Crippen molar-refractivity contribution in [2.24, 2.45) is 0 Å². The minimum Gasteiger partial charge on any atom is -0.496 e. The van der Waals surface area contributed by atoms with Gasteiger partial charge in [0, 0.05) is 11.1 Å². The van der Waals surface area contributed by atoms with Crippen LogP contribution in [0.15, 0.2) is 42.5 Å². The van der Waals surface area contributed by atoms with Crippen LogP contribution in [0.5, 0.6) is 5.75 Å². The lowest BCUT2D eigenvalue weighted by molar-refractivity contribution is 0.102. The van der Waals surface area contributed by atoms with Crippen LogP contribution in [0.4, 0.5) is 5.69 Å². The Balaban J connectivity index is 1.86. The second kappa shape index (κ2) is 7.66. The van der Waals surface area contributed by atoms with E-state index < -0.39 is 0 Å². The van der Waals surface area contributed by atoms with Crippen molar-refractivity contribution in [1.82, 2.24) is 9.78 Å². The molecule has 0 bridgehead atoms. The van der Waals surface area contributed by atoms with E-state index in [-0.39, 0.29) is 5.91 Å². The Bertz CT molecular complexity index is 989. The SMILES string of the molecule is COc1cccc(C(=O)Nc2c(C)nn(Cc3cccc(C)c3)c2C)c1C. The summed E-state index contributed by atoms with van der Waals surface area (Å²) in [6.07, 6.45) is 0. The zero-order valence-corrected chi connectivity index (χ0v) is 16.5. The third-order valence-electron chi connectivity index (χ3n) is 4.78. The molecule has 0 aliphatic heterocycles. The average Bonchev–Trinajstić information content (AvgIpc) is 2.89. The van der Waals surface area contributed by atoms with Crippen LogP contribution in [0.1, 0.15) is 38.4 Å². The molecule has 3 rings (SSSR count). The van der Waals surface area contributed by atoms with Crippen LogP contribution in [0.25, 0.3) is 0 Å². The molecule has 0 aliphatic rings. The lowest BCUT2D eigenvalue weighted by atomic mass is 10.1. The van der Waals surface area contributed by atoms with Crippen molar-refractivity contribution in [2.45, 2.75) is 34.2 Å². The molecule has 27 heavy (non-hydrogen) atoms. The largest absolute Gasteiger partial charge is 0.496 e. The van der Waals surface area contributed by atoms with Crippen molar-refractivity contribution in [1.29, 1.82) is 0 Å². The van der Waals surface area contributed by atoms with Crippen LogP contribution >= 0.6 is 0 Å². The van der Waals surface area contributed by atoms with E-state index in [4.69, 9.17) is 4.74 Å². The highest BCUT2D eigenvalue weighted by molar-refractivity contribution is 6.06. The van der Waals surface area contributed by atoms with Gasteiger partial charge in [0.25, 0.3) is 5.91 Å². The number of ether oxygens (including phenoxy) is 1. The zero-order chi connectivity index (χ0) is 19.6. The first-order valence-electron chi connectivity index (χ1n) is 8.95. The molecule has 0 saturated carbocycles. The zero-order valence-electron chi connectivity index (χ0n) is 16.5. The van der Waals surface area contributed by atoms with E-state index in [1.807, 2.05) is 43.7 Å². The van der Waals surface area contributed by atoms with Gasteiger partial charge in [-0.15, -0.1) is 0 Å². The van der Waals surface area contributed by atoms with Crippen LogP contribution in [-0.4, -0.2) is 22.8 Å². The summed E-state index contributed by atoms with van der Waals surface area (Å²) in [5.41, 5.74) is 6.31. The van der Waals surface area contributed by atoms with Crippen molar-refractivity contribution in [3.8, 4) is 5.75 Å². The fourth-order valence-corrected chi connectivity index (χ4v) is 3.28. The highest BCUT2D eigenvalue weighted by Gasteiger charge is 2.17. The molecule has 5 nitrogen and oxygen atoms in total. The van der Waals surface area contributed by atoms with Crippen molar-refractivity contribution < 1.29 is 9.53 Å². The van der Waals surface area contributed by atoms with E-state index in [2.05, 4.69) is 35.5 Å². The van der Waals surface area contributed by atoms with Crippen molar-refractivity contribution >= 4 is 11.6 Å². The molecule has 140 valence electrons. The summed E-state index contributed by atoms with van der Waals surface area (Å²) < 4.78 is 7.25. The maximum atomic E-state index is 12.8. The van der Waals surface area contributed by atoms with Gasteiger partial charge in [-0.05, 0) is 45.4 Å². The van der Waals surface area contributed by atoms with E-state index in [0.29, 0.717) is 17.9 Å². The van der Waals surface area contributed by atoms with E-state index >= 15 is 0 Å². The molecular formula is C22H25N3O2. The van der Waals surface area contributed by atoms with Gasteiger partial charge >= 0.3 is 0 Å². The molecular weight excluding hydrogens is 338 g/mol. The number of nitrogens with zero attached hydrogens (tertiary/aromatic N) is 2. The molecule has 1 aromatic heterocycles. The number of aromatic nitrogens is 2. The number of amides is 1. The molecule has 2 aromatic carbocycles. The van der Waals surface area contributed by atoms with Crippen molar-refractivity contribution in [3.05, 3.63) is 76.1 Å². The molecule has 5 heteroatoms. The number of aryl methyl sites for hydroxylation is 2. The first kappa shape index (κ1) is 18.7. The average molecular weight is 363 g/mol.